The average molecular weight is 217 g/mol. The molecule has 0 spiro atoms. The van der Waals surface area contributed by atoms with Crippen molar-refractivity contribution >= 4 is 11.8 Å². The number of ether oxygens (including phenoxy) is 1. The third kappa shape index (κ3) is 1.92. The Morgan fingerprint density at radius 1 is 1.50 bits per heavy atom. The van der Waals surface area contributed by atoms with Gasteiger partial charge in [0.1, 0.15) is 11.9 Å². The summed E-state index contributed by atoms with van der Waals surface area (Å²) in [6.07, 6.45) is 5.51. The van der Waals surface area contributed by atoms with E-state index in [0.717, 1.165) is 18.7 Å². The molecule has 1 aromatic rings. The van der Waals surface area contributed by atoms with E-state index in [1.807, 2.05) is 6.92 Å². The van der Waals surface area contributed by atoms with Gasteiger partial charge in [-0.3, -0.25) is 0 Å². The molecular weight excluding hydrogens is 198 g/mol. The van der Waals surface area contributed by atoms with Crippen molar-refractivity contribution in [2.45, 2.75) is 26.4 Å². The monoisotopic (exact) mass is 217 g/mol. The third-order valence-electron chi connectivity index (χ3n) is 3.00. The zero-order valence-electron chi connectivity index (χ0n) is 10.2. The number of nitrogens with zero attached hydrogens (tertiary/aromatic N) is 1. The summed E-state index contributed by atoms with van der Waals surface area (Å²) in [5, 5.41) is 0. The molecule has 0 aromatic heterocycles. The fourth-order valence-corrected chi connectivity index (χ4v) is 2.10. The van der Waals surface area contributed by atoms with Crippen LogP contribution in [0.5, 0.6) is 5.75 Å². The highest BCUT2D eigenvalue weighted by Crippen LogP contribution is 2.36. The van der Waals surface area contributed by atoms with Crippen LogP contribution in [0.25, 0.3) is 6.08 Å². The van der Waals surface area contributed by atoms with Gasteiger partial charge in [-0.1, -0.05) is 31.2 Å². The number of rotatable bonds is 2. The molecule has 1 unspecified atom stereocenters. The Bertz CT molecular complexity index is 398. The molecule has 0 radical (unpaired) electrons. The van der Waals surface area contributed by atoms with Crippen molar-refractivity contribution in [2.75, 3.05) is 18.5 Å². The van der Waals surface area contributed by atoms with Crippen LogP contribution in [0, 0.1) is 0 Å². The topological polar surface area (TPSA) is 12.5 Å². The molecule has 2 rings (SSSR count). The van der Waals surface area contributed by atoms with Crippen LogP contribution in [0.1, 0.15) is 25.8 Å². The maximum absolute atomic E-state index is 6.04. The summed E-state index contributed by atoms with van der Waals surface area (Å²) in [5.41, 5.74) is 2.37. The molecule has 2 nitrogen and oxygen atoms in total. The van der Waals surface area contributed by atoms with Crippen LogP contribution in [-0.2, 0) is 0 Å². The Morgan fingerprint density at radius 3 is 3.00 bits per heavy atom. The molecule has 0 saturated carbocycles. The van der Waals surface area contributed by atoms with Crippen LogP contribution in [0.2, 0.25) is 0 Å². The van der Waals surface area contributed by atoms with Gasteiger partial charge in [-0.15, -0.1) is 0 Å². The maximum atomic E-state index is 6.04. The lowest BCUT2D eigenvalue weighted by Crippen LogP contribution is -2.37. The Morgan fingerprint density at radius 2 is 2.31 bits per heavy atom. The van der Waals surface area contributed by atoms with Crippen molar-refractivity contribution in [2.24, 2.45) is 0 Å². The molecule has 16 heavy (non-hydrogen) atoms. The molecule has 0 saturated heterocycles. The molecule has 0 N–H and O–H groups in total. The second-order valence-electron chi connectivity index (χ2n) is 4.22. The highest BCUT2D eigenvalue weighted by molar-refractivity contribution is 5.70. The Hall–Kier alpha value is -1.44. The maximum Gasteiger partial charge on any atom is 0.150 e. The number of hydrogen-bond acceptors (Lipinski definition) is 2. The minimum Gasteiger partial charge on any atom is -0.486 e. The highest BCUT2D eigenvalue weighted by Gasteiger charge is 2.23. The van der Waals surface area contributed by atoms with Crippen LogP contribution in [-0.4, -0.2) is 19.7 Å². The second-order valence-corrected chi connectivity index (χ2v) is 4.22. The number of fused-ring (bicyclic) bond motifs is 1. The van der Waals surface area contributed by atoms with Crippen LogP contribution < -0.4 is 9.64 Å². The Labute approximate surface area is 97.5 Å². The molecule has 2 heteroatoms. The number of para-hydroxylation sites is 1. The molecule has 1 aliphatic heterocycles. The number of likely N-dealkylation sites (N-methyl/N-ethyl adjacent to an activating group) is 1. The number of benzene rings is 1. The summed E-state index contributed by atoms with van der Waals surface area (Å²) in [7, 11) is 2.13. The third-order valence-corrected chi connectivity index (χ3v) is 3.00. The number of hydrogen-bond donors (Lipinski definition) is 0. The lowest BCUT2D eigenvalue weighted by molar-refractivity contribution is 0.191. The van der Waals surface area contributed by atoms with Gasteiger partial charge >= 0.3 is 0 Å². The lowest BCUT2D eigenvalue weighted by Gasteiger charge is -2.34. The zero-order chi connectivity index (χ0) is 11.5. The standard InChI is InChI=1S/C14H19NO/c1-4-7-11-8-6-9-13-14(11)16-12(5-2)10-15(13)3/h4,6-9,12H,5,10H2,1-3H3/b7-4+. The molecule has 1 aromatic carbocycles. The predicted octanol–water partition coefficient (Wildman–Crippen LogP) is 3.33. The van der Waals surface area contributed by atoms with E-state index in [0.29, 0.717) is 6.10 Å². The summed E-state index contributed by atoms with van der Waals surface area (Å²) in [6.45, 7) is 5.17. The van der Waals surface area contributed by atoms with E-state index in [9.17, 15) is 0 Å². The van der Waals surface area contributed by atoms with Crippen molar-refractivity contribution in [3.05, 3.63) is 29.8 Å². The van der Waals surface area contributed by atoms with Gasteiger partial charge < -0.3 is 9.64 Å². The minimum atomic E-state index is 0.309. The van der Waals surface area contributed by atoms with E-state index in [4.69, 9.17) is 4.74 Å². The first-order valence-electron chi connectivity index (χ1n) is 5.89. The predicted molar refractivity (Wildman–Crippen MR) is 69.1 cm³/mol. The fourth-order valence-electron chi connectivity index (χ4n) is 2.10. The molecule has 0 fully saturated rings. The number of allylic oxidation sites excluding steroid dienone is 1. The van der Waals surface area contributed by atoms with Crippen molar-refractivity contribution in [3.63, 3.8) is 0 Å². The van der Waals surface area contributed by atoms with Gasteiger partial charge in [0.2, 0.25) is 0 Å². The van der Waals surface area contributed by atoms with Gasteiger partial charge in [-0.25, -0.2) is 0 Å². The minimum absolute atomic E-state index is 0.309. The van der Waals surface area contributed by atoms with Gasteiger partial charge in [-0.05, 0) is 19.4 Å². The Kier molecular flexibility index (Phi) is 3.18. The molecule has 0 amide bonds. The highest BCUT2D eigenvalue weighted by atomic mass is 16.5. The number of anilines is 1. The largest absolute Gasteiger partial charge is 0.486 e. The van der Waals surface area contributed by atoms with E-state index in [-0.39, 0.29) is 0 Å². The van der Waals surface area contributed by atoms with E-state index in [2.05, 4.69) is 49.2 Å². The molecule has 0 aliphatic carbocycles. The molecular formula is C14H19NO. The van der Waals surface area contributed by atoms with E-state index in [1.54, 1.807) is 0 Å². The van der Waals surface area contributed by atoms with Crippen LogP contribution in [0.3, 0.4) is 0 Å². The normalized spacial score (nSPS) is 19.7. The average Bonchev–Trinajstić information content (AvgIpc) is 2.30. The quantitative estimate of drug-likeness (QED) is 0.753. The smallest absolute Gasteiger partial charge is 0.150 e. The van der Waals surface area contributed by atoms with E-state index in [1.165, 1.54) is 11.3 Å². The van der Waals surface area contributed by atoms with Crippen LogP contribution in [0.15, 0.2) is 24.3 Å². The Balaban J connectivity index is 2.43. The van der Waals surface area contributed by atoms with E-state index < -0.39 is 0 Å². The summed E-state index contributed by atoms with van der Waals surface area (Å²) in [5.74, 6) is 1.03. The first kappa shape index (κ1) is 11.1. The summed E-state index contributed by atoms with van der Waals surface area (Å²) >= 11 is 0. The lowest BCUT2D eigenvalue weighted by atomic mass is 10.1. The van der Waals surface area contributed by atoms with Crippen molar-refractivity contribution in [3.8, 4) is 5.75 Å². The second kappa shape index (κ2) is 4.60. The molecule has 86 valence electrons. The molecule has 0 bridgehead atoms. The summed E-state index contributed by atoms with van der Waals surface area (Å²) < 4.78 is 6.04. The van der Waals surface area contributed by atoms with Gasteiger partial charge in [0.25, 0.3) is 0 Å². The van der Waals surface area contributed by atoms with Crippen molar-refractivity contribution < 1.29 is 4.74 Å². The van der Waals surface area contributed by atoms with Gasteiger partial charge in [0.05, 0.1) is 12.2 Å². The van der Waals surface area contributed by atoms with Crippen molar-refractivity contribution in [1.29, 1.82) is 0 Å². The SMILES string of the molecule is C/C=C/c1cccc2c1OC(CC)CN2C. The summed E-state index contributed by atoms with van der Waals surface area (Å²) in [6, 6.07) is 6.30. The van der Waals surface area contributed by atoms with Crippen LogP contribution in [0.4, 0.5) is 5.69 Å². The first-order chi connectivity index (χ1) is 7.76. The van der Waals surface area contributed by atoms with Crippen molar-refractivity contribution in [1.82, 2.24) is 0 Å². The fraction of sp³-hybridized carbons (Fsp3) is 0.429. The van der Waals surface area contributed by atoms with Gasteiger partial charge in [0, 0.05) is 12.6 Å². The van der Waals surface area contributed by atoms with Gasteiger partial charge in [0.15, 0.2) is 0 Å². The molecule has 1 heterocycles. The first-order valence-corrected chi connectivity index (χ1v) is 5.89. The van der Waals surface area contributed by atoms with Gasteiger partial charge in [-0.2, -0.15) is 0 Å². The zero-order valence-corrected chi connectivity index (χ0v) is 10.2. The molecule has 1 atom stereocenters. The molecule has 1 aliphatic rings. The summed E-state index contributed by atoms with van der Waals surface area (Å²) in [4.78, 5) is 2.28. The van der Waals surface area contributed by atoms with E-state index >= 15 is 0 Å². The van der Waals surface area contributed by atoms with Crippen LogP contribution >= 0.6 is 0 Å².